The minimum Gasteiger partial charge on any atom is -0.419 e. The van der Waals surface area contributed by atoms with Gasteiger partial charge in [-0.15, -0.1) is 10.2 Å². The number of nitrogens with one attached hydrogen (secondary N) is 1. The molecule has 142 valence electrons. The van der Waals surface area contributed by atoms with Crippen molar-refractivity contribution in [1.29, 1.82) is 0 Å². The van der Waals surface area contributed by atoms with Crippen LogP contribution < -0.4 is 10.5 Å². The molecule has 10 nitrogen and oxygen atoms in total. The van der Waals surface area contributed by atoms with Crippen molar-refractivity contribution >= 4 is 21.6 Å². The summed E-state index contributed by atoms with van der Waals surface area (Å²) in [4.78, 5) is 12.0. The molecule has 0 unspecified atom stereocenters. The second-order valence-electron chi connectivity index (χ2n) is 5.91. The molecular weight excluding hydrogens is 372 g/mol. The summed E-state index contributed by atoms with van der Waals surface area (Å²) in [6.45, 7) is 1.86. The van der Waals surface area contributed by atoms with E-state index in [4.69, 9.17) is 9.56 Å². The van der Waals surface area contributed by atoms with Crippen molar-refractivity contribution in [2.24, 2.45) is 12.2 Å². The molecule has 3 N–H and O–H groups in total. The second-order valence-corrected chi connectivity index (χ2v) is 7.47. The number of aromatic nitrogens is 4. The molecule has 0 aliphatic carbocycles. The lowest BCUT2D eigenvalue weighted by Crippen LogP contribution is -2.14. The van der Waals surface area contributed by atoms with E-state index < -0.39 is 10.0 Å². The fourth-order valence-electron chi connectivity index (χ4n) is 2.44. The van der Waals surface area contributed by atoms with Gasteiger partial charge < -0.3 is 9.73 Å². The van der Waals surface area contributed by atoms with Crippen LogP contribution in [0.15, 0.2) is 39.6 Å². The molecule has 3 rings (SSSR count). The largest absolute Gasteiger partial charge is 0.419 e. The molecule has 0 saturated heterocycles. The highest BCUT2D eigenvalue weighted by molar-refractivity contribution is 7.89. The SMILES string of the molecule is Cc1cc(-c2nnc(CCC(=O)Nc3ccc(S(N)(=O)=O)cc3)o2)n(C)n1. The van der Waals surface area contributed by atoms with E-state index >= 15 is 0 Å². The molecule has 0 aliphatic heterocycles. The Morgan fingerprint density at radius 2 is 1.96 bits per heavy atom. The number of benzene rings is 1. The van der Waals surface area contributed by atoms with Crippen LogP contribution in [0.3, 0.4) is 0 Å². The maximum Gasteiger partial charge on any atom is 0.265 e. The van der Waals surface area contributed by atoms with E-state index in [1.54, 1.807) is 11.7 Å². The number of rotatable bonds is 6. The summed E-state index contributed by atoms with van der Waals surface area (Å²) in [6, 6.07) is 7.41. The fourth-order valence-corrected chi connectivity index (χ4v) is 2.96. The molecule has 2 aromatic heterocycles. The molecule has 11 heteroatoms. The second kappa shape index (κ2) is 7.29. The molecule has 0 bridgehead atoms. The lowest BCUT2D eigenvalue weighted by Gasteiger charge is -2.05. The van der Waals surface area contributed by atoms with E-state index in [9.17, 15) is 13.2 Å². The van der Waals surface area contributed by atoms with Crippen molar-refractivity contribution in [3.8, 4) is 11.6 Å². The van der Waals surface area contributed by atoms with Gasteiger partial charge in [0.2, 0.25) is 21.8 Å². The summed E-state index contributed by atoms with van der Waals surface area (Å²) in [5.41, 5.74) is 2.00. The predicted octanol–water partition coefficient (Wildman–Crippen LogP) is 0.997. The first-order chi connectivity index (χ1) is 12.7. The first-order valence-corrected chi connectivity index (χ1v) is 9.53. The van der Waals surface area contributed by atoms with Gasteiger partial charge in [0.1, 0.15) is 5.69 Å². The van der Waals surface area contributed by atoms with Gasteiger partial charge in [-0.25, -0.2) is 13.6 Å². The van der Waals surface area contributed by atoms with Gasteiger partial charge in [0.25, 0.3) is 5.89 Å². The van der Waals surface area contributed by atoms with Gasteiger partial charge >= 0.3 is 0 Å². The van der Waals surface area contributed by atoms with Crippen molar-refractivity contribution in [3.05, 3.63) is 41.9 Å². The molecule has 0 atom stereocenters. The number of nitrogens with zero attached hydrogens (tertiary/aromatic N) is 4. The number of aryl methyl sites for hydroxylation is 3. The molecule has 0 aliphatic rings. The van der Waals surface area contributed by atoms with Crippen LogP contribution in [0.25, 0.3) is 11.6 Å². The van der Waals surface area contributed by atoms with E-state index in [2.05, 4.69) is 20.6 Å². The minimum atomic E-state index is -3.76. The van der Waals surface area contributed by atoms with Gasteiger partial charge in [-0.1, -0.05) is 0 Å². The van der Waals surface area contributed by atoms with Crippen LogP contribution in [0.4, 0.5) is 5.69 Å². The van der Waals surface area contributed by atoms with Gasteiger partial charge in [0.05, 0.1) is 10.6 Å². The Morgan fingerprint density at radius 1 is 1.26 bits per heavy atom. The Morgan fingerprint density at radius 3 is 2.56 bits per heavy atom. The maximum absolute atomic E-state index is 12.0. The number of hydrogen-bond donors (Lipinski definition) is 2. The van der Waals surface area contributed by atoms with E-state index in [-0.39, 0.29) is 23.6 Å². The van der Waals surface area contributed by atoms with Crippen LogP contribution in [0, 0.1) is 6.92 Å². The molecule has 1 amide bonds. The Kier molecular flexibility index (Phi) is 5.06. The molecule has 0 fully saturated rings. The lowest BCUT2D eigenvalue weighted by atomic mass is 10.2. The van der Waals surface area contributed by atoms with Crippen LogP contribution in [-0.4, -0.2) is 34.3 Å². The number of primary sulfonamides is 1. The van der Waals surface area contributed by atoms with Gasteiger partial charge in [-0.2, -0.15) is 5.10 Å². The number of sulfonamides is 1. The number of carbonyl (C=O) groups is 1. The van der Waals surface area contributed by atoms with Crippen molar-refractivity contribution in [2.75, 3.05) is 5.32 Å². The van der Waals surface area contributed by atoms with Gasteiger partial charge in [-0.05, 0) is 37.3 Å². The average molecular weight is 390 g/mol. The van der Waals surface area contributed by atoms with Crippen LogP contribution in [0.2, 0.25) is 0 Å². The third-order valence-electron chi connectivity index (χ3n) is 3.72. The Labute approximate surface area is 155 Å². The summed E-state index contributed by atoms with van der Waals surface area (Å²) in [5.74, 6) is 0.408. The molecule has 0 saturated carbocycles. The van der Waals surface area contributed by atoms with Gasteiger partial charge in [0.15, 0.2) is 0 Å². The van der Waals surface area contributed by atoms with Crippen LogP contribution in [-0.2, 0) is 28.3 Å². The highest BCUT2D eigenvalue weighted by Gasteiger charge is 2.14. The lowest BCUT2D eigenvalue weighted by molar-refractivity contribution is -0.116. The smallest absolute Gasteiger partial charge is 0.265 e. The third kappa shape index (κ3) is 4.57. The highest BCUT2D eigenvalue weighted by atomic mass is 32.2. The van der Waals surface area contributed by atoms with Crippen molar-refractivity contribution in [1.82, 2.24) is 20.0 Å². The van der Waals surface area contributed by atoms with Crippen LogP contribution in [0.5, 0.6) is 0 Å². The van der Waals surface area contributed by atoms with Crippen LogP contribution >= 0.6 is 0 Å². The first-order valence-electron chi connectivity index (χ1n) is 7.98. The number of hydrogen-bond acceptors (Lipinski definition) is 7. The fraction of sp³-hybridized carbons (Fsp3) is 0.250. The number of carbonyl (C=O) groups excluding carboxylic acids is 1. The van der Waals surface area contributed by atoms with Gasteiger partial charge in [0, 0.05) is 25.6 Å². The summed E-state index contributed by atoms with van der Waals surface area (Å²) in [6.07, 6.45) is 0.397. The van der Waals surface area contributed by atoms with E-state index in [0.717, 1.165) is 5.69 Å². The molecular formula is C16H18N6O4S. The minimum absolute atomic E-state index is 0.0238. The number of amides is 1. The molecule has 1 aromatic carbocycles. The Hall–Kier alpha value is -3.05. The molecule has 27 heavy (non-hydrogen) atoms. The standard InChI is InChI=1S/C16H18N6O4S/c1-10-9-13(22(2)21-10)16-20-19-15(26-16)8-7-14(23)18-11-3-5-12(6-4-11)27(17,24)25/h3-6,9H,7-8H2,1-2H3,(H,18,23)(H2,17,24,25). The number of nitrogens with two attached hydrogens (primary N) is 1. The summed E-state index contributed by atoms with van der Waals surface area (Å²) < 4.78 is 29.6. The van der Waals surface area contributed by atoms with Crippen molar-refractivity contribution in [3.63, 3.8) is 0 Å². The van der Waals surface area contributed by atoms with E-state index in [1.807, 2.05) is 13.0 Å². The molecule has 0 radical (unpaired) electrons. The molecule has 0 spiro atoms. The van der Waals surface area contributed by atoms with Crippen molar-refractivity contribution < 1.29 is 17.6 Å². The Bertz CT molecular complexity index is 1070. The topological polar surface area (TPSA) is 146 Å². The highest BCUT2D eigenvalue weighted by Crippen LogP contribution is 2.19. The zero-order valence-electron chi connectivity index (χ0n) is 14.7. The number of anilines is 1. The van der Waals surface area contributed by atoms with Crippen molar-refractivity contribution in [2.45, 2.75) is 24.7 Å². The summed E-state index contributed by atoms with van der Waals surface area (Å²) >= 11 is 0. The predicted molar refractivity (Wildman–Crippen MR) is 96.0 cm³/mol. The molecule has 2 heterocycles. The monoisotopic (exact) mass is 390 g/mol. The maximum atomic E-state index is 12.0. The third-order valence-corrected chi connectivity index (χ3v) is 4.65. The quantitative estimate of drug-likeness (QED) is 0.638. The van der Waals surface area contributed by atoms with Crippen LogP contribution in [0.1, 0.15) is 18.0 Å². The Balaban J connectivity index is 1.57. The van der Waals surface area contributed by atoms with Gasteiger partial charge in [-0.3, -0.25) is 9.48 Å². The summed E-state index contributed by atoms with van der Waals surface area (Å²) in [7, 11) is -1.98. The first kappa shape index (κ1) is 18.7. The van der Waals surface area contributed by atoms with E-state index in [1.165, 1.54) is 24.3 Å². The summed E-state index contributed by atoms with van der Waals surface area (Å²) in [5, 5.41) is 19.8. The molecule has 3 aromatic rings. The van der Waals surface area contributed by atoms with E-state index in [0.29, 0.717) is 23.2 Å². The zero-order chi connectivity index (χ0) is 19.6. The zero-order valence-corrected chi connectivity index (χ0v) is 15.5. The average Bonchev–Trinajstić information content (AvgIpc) is 3.18. The normalized spacial score (nSPS) is 11.5.